The summed E-state index contributed by atoms with van der Waals surface area (Å²) < 4.78 is 11.6. The molecule has 0 saturated carbocycles. The molecule has 34 heavy (non-hydrogen) atoms. The lowest BCUT2D eigenvalue weighted by Crippen LogP contribution is -2.18. The van der Waals surface area contributed by atoms with E-state index in [2.05, 4.69) is 10.5 Å². The van der Waals surface area contributed by atoms with Crippen LogP contribution in [0.1, 0.15) is 21.7 Å². The molecule has 0 bridgehead atoms. The zero-order chi connectivity index (χ0) is 24.1. The van der Waals surface area contributed by atoms with Crippen molar-refractivity contribution in [2.24, 2.45) is 5.10 Å². The van der Waals surface area contributed by atoms with E-state index in [1.54, 1.807) is 72.8 Å². The molecule has 4 aromatic rings. The second-order valence-electron chi connectivity index (χ2n) is 7.05. The lowest BCUT2D eigenvalue weighted by atomic mass is 10.2. The Kier molecular flexibility index (Phi) is 7.80. The van der Waals surface area contributed by atoms with Gasteiger partial charge in [0.15, 0.2) is 0 Å². The van der Waals surface area contributed by atoms with Crippen molar-refractivity contribution in [3.63, 3.8) is 0 Å². The van der Waals surface area contributed by atoms with Crippen molar-refractivity contribution in [3.8, 4) is 17.1 Å². The number of carbonyl (C=O) groups excluding carboxylic acids is 1. The third kappa shape index (κ3) is 5.93. The number of hydrazone groups is 1. The van der Waals surface area contributed by atoms with E-state index in [-0.39, 0.29) is 6.61 Å². The van der Waals surface area contributed by atoms with Crippen molar-refractivity contribution >= 4 is 58.5 Å². The van der Waals surface area contributed by atoms with Gasteiger partial charge in [-0.2, -0.15) is 5.10 Å². The minimum atomic E-state index is -0.443. The van der Waals surface area contributed by atoms with Crippen molar-refractivity contribution in [2.75, 3.05) is 0 Å². The summed E-state index contributed by atoms with van der Waals surface area (Å²) in [6.45, 7) is 0.173. The van der Waals surface area contributed by atoms with E-state index in [0.717, 1.165) is 5.56 Å². The minimum Gasteiger partial charge on any atom is -0.488 e. The van der Waals surface area contributed by atoms with Crippen molar-refractivity contribution in [3.05, 3.63) is 110 Å². The monoisotopic (exact) mass is 532 g/mol. The van der Waals surface area contributed by atoms with E-state index in [9.17, 15) is 4.79 Å². The topological polar surface area (TPSA) is 63.8 Å². The van der Waals surface area contributed by atoms with Crippen LogP contribution in [0.15, 0.2) is 82.3 Å². The van der Waals surface area contributed by atoms with Crippen LogP contribution in [-0.4, -0.2) is 12.1 Å². The molecule has 9 heteroatoms. The molecule has 172 valence electrons. The number of amides is 1. The number of para-hydroxylation sites is 1. The largest absolute Gasteiger partial charge is 0.488 e. The number of furan rings is 1. The Morgan fingerprint density at radius 2 is 1.65 bits per heavy atom. The quantitative estimate of drug-likeness (QED) is 0.194. The Morgan fingerprint density at radius 1 is 0.912 bits per heavy atom. The average molecular weight is 534 g/mol. The average Bonchev–Trinajstić information content (AvgIpc) is 3.27. The summed E-state index contributed by atoms with van der Waals surface area (Å²) in [6.07, 6.45) is 1.39. The number of benzene rings is 3. The summed E-state index contributed by atoms with van der Waals surface area (Å²) >= 11 is 24.3. The van der Waals surface area contributed by atoms with Crippen LogP contribution in [0.5, 0.6) is 5.75 Å². The molecular formula is C25H16Cl4N2O3. The number of carbonyl (C=O) groups is 1. The van der Waals surface area contributed by atoms with Gasteiger partial charge >= 0.3 is 0 Å². The SMILES string of the molecule is O=C(N/N=C/c1ccc(-c2ccc(Cl)cc2Cl)o1)c1ccccc1OCc1ccc(Cl)cc1Cl. The minimum absolute atomic E-state index is 0.173. The number of hydrogen-bond acceptors (Lipinski definition) is 4. The van der Waals surface area contributed by atoms with E-state index >= 15 is 0 Å². The molecule has 0 saturated heterocycles. The highest BCUT2D eigenvalue weighted by Gasteiger charge is 2.13. The van der Waals surface area contributed by atoms with Gasteiger partial charge in [0.2, 0.25) is 0 Å². The third-order valence-electron chi connectivity index (χ3n) is 4.71. The van der Waals surface area contributed by atoms with E-state index in [1.807, 2.05) is 0 Å². The van der Waals surface area contributed by atoms with Crippen LogP contribution < -0.4 is 10.2 Å². The van der Waals surface area contributed by atoms with Gasteiger partial charge in [-0.25, -0.2) is 5.43 Å². The molecule has 1 aromatic heterocycles. The molecule has 0 fully saturated rings. The maximum Gasteiger partial charge on any atom is 0.275 e. The lowest BCUT2D eigenvalue weighted by Gasteiger charge is -2.11. The molecular weight excluding hydrogens is 518 g/mol. The fourth-order valence-electron chi connectivity index (χ4n) is 3.05. The van der Waals surface area contributed by atoms with Gasteiger partial charge < -0.3 is 9.15 Å². The second kappa shape index (κ2) is 11.0. The predicted octanol–water partition coefficient (Wildman–Crippen LogP) is 7.90. The van der Waals surface area contributed by atoms with E-state index in [4.69, 9.17) is 55.6 Å². The first-order chi connectivity index (χ1) is 16.4. The molecule has 0 aliphatic carbocycles. The number of halogens is 4. The Balaban J connectivity index is 1.41. The Labute approximate surface area is 215 Å². The summed E-state index contributed by atoms with van der Waals surface area (Å²) in [5.41, 5.74) is 4.23. The highest BCUT2D eigenvalue weighted by molar-refractivity contribution is 6.36. The van der Waals surface area contributed by atoms with Crippen molar-refractivity contribution < 1.29 is 13.9 Å². The van der Waals surface area contributed by atoms with Crippen LogP contribution in [0, 0.1) is 0 Å². The van der Waals surface area contributed by atoms with Gasteiger partial charge in [0.05, 0.1) is 16.8 Å². The fourth-order valence-corrected chi connectivity index (χ4v) is 4.01. The van der Waals surface area contributed by atoms with Gasteiger partial charge in [0.1, 0.15) is 23.9 Å². The van der Waals surface area contributed by atoms with Gasteiger partial charge in [-0.3, -0.25) is 4.79 Å². The lowest BCUT2D eigenvalue weighted by molar-refractivity contribution is 0.0950. The third-order valence-corrected chi connectivity index (χ3v) is 5.85. The summed E-state index contributed by atoms with van der Waals surface area (Å²) in [6, 6.07) is 20.5. The van der Waals surface area contributed by atoms with Gasteiger partial charge in [-0.05, 0) is 54.6 Å². The van der Waals surface area contributed by atoms with Gasteiger partial charge in [-0.1, -0.05) is 64.6 Å². The molecule has 0 aliphatic rings. The maximum absolute atomic E-state index is 12.7. The smallest absolute Gasteiger partial charge is 0.275 e. The van der Waals surface area contributed by atoms with E-state index in [1.165, 1.54) is 6.21 Å². The highest BCUT2D eigenvalue weighted by Crippen LogP contribution is 2.31. The molecule has 1 heterocycles. The van der Waals surface area contributed by atoms with Crippen LogP contribution in [0.4, 0.5) is 0 Å². The summed E-state index contributed by atoms with van der Waals surface area (Å²) in [7, 11) is 0. The van der Waals surface area contributed by atoms with Gasteiger partial charge in [0.25, 0.3) is 5.91 Å². The number of nitrogens with one attached hydrogen (secondary N) is 1. The summed E-state index contributed by atoms with van der Waals surface area (Å²) in [5.74, 6) is 0.928. The van der Waals surface area contributed by atoms with Gasteiger partial charge in [-0.15, -0.1) is 0 Å². The molecule has 5 nitrogen and oxygen atoms in total. The molecule has 1 amide bonds. The molecule has 0 spiro atoms. The predicted molar refractivity (Wildman–Crippen MR) is 136 cm³/mol. The van der Waals surface area contributed by atoms with Crippen LogP contribution in [0.2, 0.25) is 20.1 Å². The first-order valence-corrected chi connectivity index (χ1v) is 11.5. The van der Waals surface area contributed by atoms with Crippen molar-refractivity contribution in [2.45, 2.75) is 6.61 Å². The first-order valence-electron chi connectivity index (χ1n) is 9.95. The maximum atomic E-state index is 12.7. The van der Waals surface area contributed by atoms with Crippen LogP contribution in [-0.2, 0) is 6.61 Å². The number of rotatable bonds is 7. The number of hydrogen-bond donors (Lipinski definition) is 1. The summed E-state index contributed by atoms with van der Waals surface area (Å²) in [5, 5.41) is 6.00. The molecule has 0 unspecified atom stereocenters. The Hall–Kier alpha value is -2.96. The van der Waals surface area contributed by atoms with E-state index in [0.29, 0.717) is 48.5 Å². The van der Waals surface area contributed by atoms with Crippen LogP contribution in [0.25, 0.3) is 11.3 Å². The van der Waals surface area contributed by atoms with Crippen molar-refractivity contribution in [1.82, 2.24) is 5.43 Å². The van der Waals surface area contributed by atoms with Crippen LogP contribution in [0.3, 0.4) is 0 Å². The molecule has 0 aliphatic heterocycles. The Morgan fingerprint density at radius 3 is 2.41 bits per heavy atom. The van der Waals surface area contributed by atoms with Crippen molar-refractivity contribution in [1.29, 1.82) is 0 Å². The molecule has 3 aromatic carbocycles. The molecule has 1 N–H and O–H groups in total. The fraction of sp³-hybridized carbons (Fsp3) is 0.0400. The molecule has 0 atom stereocenters. The normalized spacial score (nSPS) is 11.1. The number of ether oxygens (including phenoxy) is 1. The van der Waals surface area contributed by atoms with Crippen LogP contribution >= 0.6 is 46.4 Å². The van der Waals surface area contributed by atoms with E-state index < -0.39 is 5.91 Å². The first kappa shape index (κ1) is 24.2. The molecule has 4 rings (SSSR count). The second-order valence-corrected chi connectivity index (χ2v) is 8.73. The zero-order valence-corrected chi connectivity index (χ0v) is 20.4. The zero-order valence-electron chi connectivity index (χ0n) is 17.4. The number of nitrogens with zero attached hydrogens (tertiary/aromatic N) is 1. The summed E-state index contributed by atoms with van der Waals surface area (Å²) in [4.78, 5) is 12.7. The Bertz CT molecular complexity index is 1370. The van der Waals surface area contributed by atoms with Gasteiger partial charge in [0, 0.05) is 26.2 Å². The standard InChI is InChI=1S/C25H16Cl4N2O3/c26-16-6-5-15(21(28)11-16)14-33-23-4-2-1-3-20(23)25(32)31-30-13-18-8-10-24(34-18)19-9-7-17(27)12-22(19)29/h1-13H,14H2,(H,31,32)/b30-13+. The molecule has 0 radical (unpaired) electrons. The highest BCUT2D eigenvalue weighted by atomic mass is 35.5.